The molecule has 0 heterocycles. The zero-order chi connectivity index (χ0) is 21.5. The molecule has 28 heavy (non-hydrogen) atoms. The van der Waals surface area contributed by atoms with Crippen LogP contribution >= 0.6 is 0 Å². The lowest BCUT2D eigenvalue weighted by Gasteiger charge is -2.19. The predicted molar refractivity (Wildman–Crippen MR) is 103 cm³/mol. The van der Waals surface area contributed by atoms with Crippen molar-refractivity contribution in [1.29, 1.82) is 0 Å². The average Bonchev–Trinajstić information content (AvgIpc) is 2.55. The van der Waals surface area contributed by atoms with E-state index in [-0.39, 0.29) is 35.7 Å². The van der Waals surface area contributed by atoms with Crippen LogP contribution in [0.25, 0.3) is 0 Å². The second kappa shape index (κ2) is 9.58. The Morgan fingerprint density at radius 3 is 2.39 bits per heavy atom. The second-order valence-corrected chi connectivity index (χ2v) is 6.77. The lowest BCUT2D eigenvalue weighted by atomic mass is 10.0. The highest BCUT2D eigenvalue weighted by Gasteiger charge is 2.26. The number of carboxylic acid groups (broad SMARTS) is 1. The molecule has 0 aliphatic rings. The van der Waals surface area contributed by atoms with Crippen molar-refractivity contribution in [1.82, 2.24) is 5.32 Å². The minimum absolute atomic E-state index is 0.0831. The summed E-state index contributed by atoms with van der Waals surface area (Å²) in [6, 6.07) is 0.996. The van der Waals surface area contributed by atoms with E-state index in [9.17, 15) is 24.8 Å². The summed E-state index contributed by atoms with van der Waals surface area (Å²) in [5.41, 5.74) is -0.838. The standard InChI is InChI=1S/C18H25N3O7/c1-11-12(16(22)23)10-13(21(25)26)14(15(11)27-5)19-8-6-7-9-20-17(24)28-18(2,3)4/h6-7,10,19H,8-9H2,1-5H3,(H,20,24)(H,22,23). The summed E-state index contributed by atoms with van der Waals surface area (Å²) in [5, 5.41) is 26.0. The minimum Gasteiger partial charge on any atom is -0.494 e. The molecule has 1 rings (SSSR count). The number of aromatic carboxylic acids is 1. The molecule has 0 bridgehead atoms. The van der Waals surface area contributed by atoms with Gasteiger partial charge in [-0.2, -0.15) is 0 Å². The van der Waals surface area contributed by atoms with E-state index < -0.39 is 28.3 Å². The fourth-order valence-electron chi connectivity index (χ4n) is 2.32. The number of ether oxygens (including phenoxy) is 2. The van der Waals surface area contributed by atoms with E-state index in [1.165, 1.54) is 14.0 Å². The molecular formula is C18H25N3O7. The van der Waals surface area contributed by atoms with Gasteiger partial charge in [-0.15, -0.1) is 0 Å². The Labute approximate surface area is 162 Å². The Morgan fingerprint density at radius 2 is 1.89 bits per heavy atom. The normalized spacial score (nSPS) is 11.2. The molecule has 0 radical (unpaired) electrons. The van der Waals surface area contributed by atoms with Crippen molar-refractivity contribution >= 4 is 23.4 Å². The van der Waals surface area contributed by atoms with Crippen LogP contribution < -0.4 is 15.4 Å². The third kappa shape index (κ3) is 6.45. The molecule has 0 aliphatic heterocycles. The molecule has 1 amide bonds. The van der Waals surface area contributed by atoms with Crippen LogP contribution in [0, 0.1) is 17.0 Å². The summed E-state index contributed by atoms with van der Waals surface area (Å²) in [6.07, 6.45) is 2.75. The smallest absolute Gasteiger partial charge is 0.407 e. The number of hydrogen-bond acceptors (Lipinski definition) is 7. The van der Waals surface area contributed by atoms with Gasteiger partial charge in [-0.25, -0.2) is 9.59 Å². The number of carbonyl (C=O) groups excluding carboxylic acids is 1. The van der Waals surface area contributed by atoms with Gasteiger partial charge in [-0.3, -0.25) is 10.1 Å². The fraction of sp³-hybridized carbons (Fsp3) is 0.444. The first-order valence-corrected chi connectivity index (χ1v) is 8.43. The van der Waals surface area contributed by atoms with Gasteiger partial charge in [0.2, 0.25) is 0 Å². The maximum atomic E-state index is 11.5. The number of nitrogens with one attached hydrogen (secondary N) is 2. The van der Waals surface area contributed by atoms with Crippen LogP contribution in [0.1, 0.15) is 36.7 Å². The molecule has 10 heteroatoms. The van der Waals surface area contributed by atoms with E-state index in [0.29, 0.717) is 0 Å². The van der Waals surface area contributed by atoms with Gasteiger partial charge in [-0.05, 0) is 27.7 Å². The van der Waals surface area contributed by atoms with Crippen molar-refractivity contribution in [2.45, 2.75) is 33.3 Å². The van der Waals surface area contributed by atoms with E-state index in [1.807, 2.05) is 0 Å². The van der Waals surface area contributed by atoms with Crippen LogP contribution in [0.5, 0.6) is 5.75 Å². The summed E-state index contributed by atoms with van der Waals surface area (Å²) in [5.74, 6) is -1.19. The number of anilines is 1. The number of methoxy groups -OCH3 is 1. The van der Waals surface area contributed by atoms with Crippen molar-refractivity contribution < 1.29 is 29.1 Å². The van der Waals surface area contributed by atoms with Gasteiger partial charge >= 0.3 is 12.1 Å². The monoisotopic (exact) mass is 395 g/mol. The highest BCUT2D eigenvalue weighted by atomic mass is 16.6. The number of alkyl carbamates (subject to hydrolysis) is 1. The summed E-state index contributed by atoms with van der Waals surface area (Å²) in [4.78, 5) is 33.5. The molecule has 1 aromatic carbocycles. The van der Waals surface area contributed by atoms with E-state index in [1.54, 1.807) is 32.9 Å². The number of hydrogen-bond donors (Lipinski definition) is 3. The molecule has 10 nitrogen and oxygen atoms in total. The number of amides is 1. The number of nitrogens with zero attached hydrogens (tertiary/aromatic N) is 1. The molecule has 0 fully saturated rings. The summed E-state index contributed by atoms with van der Waals surface area (Å²) in [7, 11) is 1.31. The van der Waals surface area contributed by atoms with Crippen LogP contribution in [0.4, 0.5) is 16.2 Å². The SMILES string of the molecule is COc1c(C)c(C(=O)O)cc([N+](=O)[O-])c1NCC=CCNC(=O)OC(C)(C)C. The van der Waals surface area contributed by atoms with Crippen molar-refractivity contribution in [3.05, 3.63) is 39.5 Å². The first-order chi connectivity index (χ1) is 13.0. The number of benzene rings is 1. The molecule has 0 aliphatic carbocycles. The van der Waals surface area contributed by atoms with Gasteiger partial charge in [-0.1, -0.05) is 12.2 Å². The Bertz CT molecular complexity index is 782. The van der Waals surface area contributed by atoms with Crippen molar-refractivity contribution in [2.24, 2.45) is 0 Å². The third-order valence-electron chi connectivity index (χ3n) is 3.47. The average molecular weight is 395 g/mol. The molecule has 0 aromatic heterocycles. The Hall–Kier alpha value is -3.30. The molecule has 0 spiro atoms. The fourth-order valence-corrected chi connectivity index (χ4v) is 2.32. The predicted octanol–water partition coefficient (Wildman–Crippen LogP) is 3.10. The number of carbonyl (C=O) groups is 2. The Kier molecular flexibility index (Phi) is 7.78. The lowest BCUT2D eigenvalue weighted by Crippen LogP contribution is -2.32. The molecule has 154 valence electrons. The lowest BCUT2D eigenvalue weighted by molar-refractivity contribution is -0.384. The van der Waals surface area contributed by atoms with Crippen LogP contribution in [0.3, 0.4) is 0 Å². The molecule has 1 aromatic rings. The number of nitro benzene ring substituents is 1. The van der Waals surface area contributed by atoms with E-state index in [0.717, 1.165) is 6.07 Å². The van der Waals surface area contributed by atoms with Gasteiger partial charge in [0.15, 0.2) is 11.4 Å². The molecule has 3 N–H and O–H groups in total. The molecule has 0 atom stereocenters. The highest BCUT2D eigenvalue weighted by molar-refractivity contribution is 5.94. The van der Waals surface area contributed by atoms with Crippen molar-refractivity contribution in [3.8, 4) is 5.75 Å². The minimum atomic E-state index is -1.28. The molecular weight excluding hydrogens is 370 g/mol. The maximum absolute atomic E-state index is 11.5. The summed E-state index contributed by atoms with van der Waals surface area (Å²) < 4.78 is 10.3. The van der Waals surface area contributed by atoms with Gasteiger partial charge < -0.3 is 25.2 Å². The number of rotatable bonds is 8. The third-order valence-corrected chi connectivity index (χ3v) is 3.47. The maximum Gasteiger partial charge on any atom is 0.407 e. The highest BCUT2D eigenvalue weighted by Crippen LogP contribution is 2.39. The van der Waals surface area contributed by atoms with Gasteiger partial charge in [0.1, 0.15) is 5.60 Å². The van der Waals surface area contributed by atoms with Gasteiger partial charge in [0.05, 0.1) is 17.6 Å². The van der Waals surface area contributed by atoms with Gasteiger partial charge in [0, 0.05) is 24.7 Å². The topological polar surface area (TPSA) is 140 Å². The van der Waals surface area contributed by atoms with Crippen LogP contribution in [-0.2, 0) is 4.74 Å². The summed E-state index contributed by atoms with van der Waals surface area (Å²) >= 11 is 0. The molecule has 0 saturated carbocycles. The van der Waals surface area contributed by atoms with Gasteiger partial charge in [0.25, 0.3) is 5.69 Å². The van der Waals surface area contributed by atoms with E-state index >= 15 is 0 Å². The van der Waals surface area contributed by atoms with Crippen molar-refractivity contribution in [3.63, 3.8) is 0 Å². The van der Waals surface area contributed by atoms with Crippen LogP contribution in [0.2, 0.25) is 0 Å². The van der Waals surface area contributed by atoms with E-state index in [2.05, 4.69) is 10.6 Å². The zero-order valence-corrected chi connectivity index (χ0v) is 16.5. The van der Waals surface area contributed by atoms with Crippen LogP contribution in [0.15, 0.2) is 18.2 Å². The molecule has 0 saturated heterocycles. The van der Waals surface area contributed by atoms with E-state index in [4.69, 9.17) is 9.47 Å². The summed E-state index contributed by atoms with van der Waals surface area (Å²) in [6.45, 7) is 7.18. The number of nitro groups is 1. The first kappa shape index (κ1) is 22.7. The Morgan fingerprint density at radius 1 is 1.29 bits per heavy atom. The van der Waals surface area contributed by atoms with Crippen molar-refractivity contribution in [2.75, 3.05) is 25.5 Å². The molecule has 0 unspecified atom stereocenters. The second-order valence-electron chi connectivity index (χ2n) is 6.77. The largest absolute Gasteiger partial charge is 0.494 e. The first-order valence-electron chi connectivity index (χ1n) is 8.43. The zero-order valence-electron chi connectivity index (χ0n) is 16.5. The Balaban J connectivity index is 2.84. The number of carboxylic acids is 1. The van der Waals surface area contributed by atoms with Crippen LogP contribution in [-0.4, -0.2) is 47.9 Å². The quantitative estimate of drug-likeness (QED) is 0.346.